The fourth-order valence-electron chi connectivity index (χ4n) is 3.53. The van der Waals surface area contributed by atoms with E-state index in [-0.39, 0.29) is 33.9 Å². The number of aromatic nitrogens is 4. The first-order chi connectivity index (χ1) is 17.5. The number of nitrogens with one attached hydrogen (secondary N) is 1. The molecule has 3 N–H and O–H groups in total. The highest BCUT2D eigenvalue weighted by Crippen LogP contribution is 2.36. The molecule has 0 radical (unpaired) electrons. The minimum absolute atomic E-state index is 0.0164. The molecule has 0 bridgehead atoms. The van der Waals surface area contributed by atoms with Crippen molar-refractivity contribution in [1.82, 2.24) is 19.7 Å². The SMILES string of the molecule is CC1(C)COc2c(S(N)(=O)=NC(=O)Nc3nc(C(F)(F)F)ccc3-c3ccnc(C(F)(F)F)c3)cnn2C1. The summed E-state index contributed by atoms with van der Waals surface area (Å²) in [6.07, 6.45) is -7.90. The van der Waals surface area contributed by atoms with Gasteiger partial charge in [0, 0.05) is 17.2 Å². The van der Waals surface area contributed by atoms with E-state index in [4.69, 9.17) is 9.88 Å². The number of urea groups is 1. The molecule has 4 heterocycles. The lowest BCUT2D eigenvalue weighted by atomic mass is 9.94. The molecule has 0 fully saturated rings. The Morgan fingerprint density at radius 2 is 1.84 bits per heavy atom. The van der Waals surface area contributed by atoms with E-state index >= 15 is 0 Å². The molecule has 0 saturated carbocycles. The van der Waals surface area contributed by atoms with Gasteiger partial charge in [0.25, 0.3) is 0 Å². The van der Waals surface area contributed by atoms with Gasteiger partial charge in [0.2, 0.25) is 5.88 Å². The second kappa shape index (κ2) is 9.23. The number of nitrogens with zero attached hydrogens (tertiary/aromatic N) is 5. The molecule has 0 aliphatic carbocycles. The minimum atomic E-state index is -4.95. The minimum Gasteiger partial charge on any atom is -0.476 e. The lowest BCUT2D eigenvalue weighted by Gasteiger charge is -2.30. The number of hydrogen-bond donors (Lipinski definition) is 2. The van der Waals surface area contributed by atoms with Crippen LogP contribution in [-0.2, 0) is 28.8 Å². The molecule has 0 spiro atoms. The number of amides is 2. The third-order valence-electron chi connectivity index (χ3n) is 5.24. The number of halogens is 6. The molecule has 0 saturated heterocycles. The highest BCUT2D eigenvalue weighted by atomic mass is 32.2. The molecule has 2 amide bonds. The van der Waals surface area contributed by atoms with Crippen LogP contribution in [0.1, 0.15) is 25.2 Å². The molecule has 3 aromatic rings. The fraction of sp³-hybridized carbons (Fsp3) is 0.333. The van der Waals surface area contributed by atoms with Gasteiger partial charge in [-0.1, -0.05) is 13.8 Å². The number of anilines is 1. The van der Waals surface area contributed by atoms with Crippen molar-refractivity contribution in [2.45, 2.75) is 37.6 Å². The van der Waals surface area contributed by atoms with Gasteiger partial charge in [-0.05, 0) is 29.8 Å². The number of fused-ring (bicyclic) bond motifs is 1. The van der Waals surface area contributed by atoms with Crippen LogP contribution in [0.15, 0.2) is 45.9 Å². The van der Waals surface area contributed by atoms with Crippen LogP contribution in [0.25, 0.3) is 11.1 Å². The standard InChI is InChI=1S/C21H19F6N7O3S/c1-19(2)9-34-17(37-10-19)13(8-30-34)38(28,36)33-18(35)32-16-12(3-4-14(31-16)20(22,23)24)11-5-6-29-15(7-11)21(25,26)27/h3-8H,9-10H2,1-2H3,(H3,28,31,32,33,35,36). The van der Waals surface area contributed by atoms with Crippen molar-refractivity contribution in [3.8, 4) is 17.0 Å². The quantitative estimate of drug-likeness (QED) is 0.442. The number of carbonyl (C=O) groups is 1. The summed E-state index contributed by atoms with van der Waals surface area (Å²) < 4.78 is 103. The zero-order chi connectivity index (χ0) is 28.1. The smallest absolute Gasteiger partial charge is 0.433 e. The van der Waals surface area contributed by atoms with Crippen LogP contribution in [0, 0.1) is 5.41 Å². The molecule has 4 rings (SSSR count). The molecule has 1 atom stereocenters. The van der Waals surface area contributed by atoms with Crippen molar-refractivity contribution in [2.75, 3.05) is 11.9 Å². The maximum absolute atomic E-state index is 13.3. The molecule has 1 aliphatic rings. The summed E-state index contributed by atoms with van der Waals surface area (Å²) in [6.45, 7) is 4.40. The monoisotopic (exact) mass is 563 g/mol. The van der Waals surface area contributed by atoms with Crippen molar-refractivity contribution >= 4 is 21.8 Å². The number of ether oxygens (including phenoxy) is 1. The fourth-order valence-corrected chi connectivity index (χ4v) is 4.53. The summed E-state index contributed by atoms with van der Waals surface area (Å²) in [5, 5.41) is 11.8. The van der Waals surface area contributed by atoms with E-state index in [0.29, 0.717) is 18.7 Å². The molecular weight excluding hydrogens is 544 g/mol. The topological polar surface area (TPSA) is 137 Å². The van der Waals surface area contributed by atoms with Crippen LogP contribution >= 0.6 is 0 Å². The van der Waals surface area contributed by atoms with Gasteiger partial charge in [0.15, 0.2) is 9.92 Å². The van der Waals surface area contributed by atoms with E-state index in [2.05, 4.69) is 19.4 Å². The van der Waals surface area contributed by atoms with Crippen LogP contribution in [-0.4, -0.2) is 36.6 Å². The summed E-state index contributed by atoms with van der Waals surface area (Å²) in [4.78, 5) is 19.0. The Bertz CT molecular complexity index is 1520. The molecule has 38 heavy (non-hydrogen) atoms. The number of hydrogen-bond acceptors (Lipinski definition) is 6. The first-order valence-corrected chi connectivity index (χ1v) is 12.2. The largest absolute Gasteiger partial charge is 0.476 e. The Morgan fingerprint density at radius 3 is 2.50 bits per heavy atom. The maximum atomic E-state index is 13.3. The number of nitrogens with two attached hydrogens (primary N) is 1. The van der Waals surface area contributed by atoms with Crippen LogP contribution in [0.5, 0.6) is 5.88 Å². The predicted octanol–water partition coefficient (Wildman–Crippen LogP) is 4.73. The third-order valence-corrected chi connectivity index (χ3v) is 6.59. The van der Waals surface area contributed by atoms with Gasteiger partial charge in [0.1, 0.15) is 22.1 Å². The summed E-state index contributed by atoms with van der Waals surface area (Å²) in [5.74, 6) is -0.777. The third kappa shape index (κ3) is 5.72. The first-order valence-electron chi connectivity index (χ1n) is 10.6. The molecule has 204 valence electrons. The predicted molar refractivity (Wildman–Crippen MR) is 121 cm³/mol. The Balaban J connectivity index is 1.73. The normalized spacial score (nSPS) is 16.7. The summed E-state index contributed by atoms with van der Waals surface area (Å²) in [6, 6.07) is 1.54. The summed E-state index contributed by atoms with van der Waals surface area (Å²) >= 11 is 0. The molecule has 1 aliphatic heterocycles. The average Bonchev–Trinajstić information content (AvgIpc) is 3.20. The number of carbonyl (C=O) groups excluding carboxylic acids is 1. The van der Waals surface area contributed by atoms with E-state index < -0.39 is 45.5 Å². The zero-order valence-electron chi connectivity index (χ0n) is 19.6. The second-order valence-corrected chi connectivity index (χ2v) is 10.8. The Hall–Kier alpha value is -3.73. The average molecular weight is 563 g/mol. The van der Waals surface area contributed by atoms with Gasteiger partial charge in [-0.3, -0.25) is 10.3 Å². The van der Waals surface area contributed by atoms with E-state index in [1.807, 2.05) is 19.2 Å². The van der Waals surface area contributed by atoms with Crippen LogP contribution < -0.4 is 15.2 Å². The van der Waals surface area contributed by atoms with Gasteiger partial charge in [-0.2, -0.15) is 31.4 Å². The van der Waals surface area contributed by atoms with Gasteiger partial charge in [-0.15, -0.1) is 4.36 Å². The number of alkyl halides is 6. The first kappa shape index (κ1) is 27.3. The van der Waals surface area contributed by atoms with Crippen LogP contribution in [0.2, 0.25) is 0 Å². The molecular formula is C21H19F6N7O3S. The van der Waals surface area contributed by atoms with Crippen LogP contribution in [0.3, 0.4) is 0 Å². The van der Waals surface area contributed by atoms with E-state index in [1.54, 1.807) is 0 Å². The van der Waals surface area contributed by atoms with Gasteiger partial charge in [0.05, 0.1) is 19.3 Å². The van der Waals surface area contributed by atoms with Crippen LogP contribution in [0.4, 0.5) is 37.0 Å². The molecule has 3 aromatic heterocycles. The Labute approximate surface area is 211 Å². The van der Waals surface area contributed by atoms with Crippen molar-refractivity contribution in [1.29, 1.82) is 0 Å². The highest BCUT2D eigenvalue weighted by molar-refractivity contribution is 7.91. The maximum Gasteiger partial charge on any atom is 0.433 e. The lowest BCUT2D eigenvalue weighted by Crippen LogP contribution is -2.33. The molecule has 1 unspecified atom stereocenters. The molecule has 10 nitrogen and oxygen atoms in total. The van der Waals surface area contributed by atoms with Crippen molar-refractivity contribution in [2.24, 2.45) is 14.9 Å². The molecule has 0 aromatic carbocycles. The van der Waals surface area contributed by atoms with E-state index in [9.17, 15) is 35.3 Å². The summed E-state index contributed by atoms with van der Waals surface area (Å²) in [7, 11) is -4.01. The Kier molecular flexibility index (Phi) is 6.63. The van der Waals surface area contributed by atoms with E-state index in [1.165, 1.54) is 4.68 Å². The van der Waals surface area contributed by atoms with Gasteiger partial charge in [-0.25, -0.2) is 23.8 Å². The van der Waals surface area contributed by atoms with Crippen molar-refractivity contribution < 1.29 is 40.1 Å². The van der Waals surface area contributed by atoms with Crippen molar-refractivity contribution in [3.05, 3.63) is 48.0 Å². The zero-order valence-corrected chi connectivity index (χ0v) is 20.4. The van der Waals surface area contributed by atoms with Gasteiger partial charge < -0.3 is 4.74 Å². The highest BCUT2D eigenvalue weighted by Gasteiger charge is 2.35. The summed E-state index contributed by atoms with van der Waals surface area (Å²) in [5.41, 5.74) is -3.64. The van der Waals surface area contributed by atoms with Crippen molar-refractivity contribution in [3.63, 3.8) is 0 Å². The number of rotatable bonds is 3. The lowest BCUT2D eigenvalue weighted by molar-refractivity contribution is -0.141. The second-order valence-electron chi connectivity index (χ2n) is 9.03. The van der Waals surface area contributed by atoms with Gasteiger partial charge >= 0.3 is 18.4 Å². The molecule has 17 heteroatoms. The number of pyridine rings is 2. The van der Waals surface area contributed by atoms with E-state index in [0.717, 1.165) is 24.5 Å². The Morgan fingerprint density at radius 1 is 1.16 bits per heavy atom.